The number of rotatable bonds is 5. The summed E-state index contributed by atoms with van der Waals surface area (Å²) in [6.45, 7) is 4.29. The summed E-state index contributed by atoms with van der Waals surface area (Å²) in [4.78, 5) is 10.1. The van der Waals surface area contributed by atoms with Crippen LogP contribution in [0, 0.1) is 0 Å². The van der Waals surface area contributed by atoms with Crippen LogP contribution in [0.25, 0.3) is 6.20 Å². The maximum Gasteiger partial charge on any atom is 0.248 e. The number of aliphatic carboxylic acids is 1. The van der Waals surface area contributed by atoms with E-state index in [-0.39, 0.29) is 13.8 Å². The summed E-state index contributed by atoms with van der Waals surface area (Å²) in [6, 6.07) is 0. The number of carbonyl (C=O) groups is 1. The zero-order chi connectivity index (χ0) is 9.68. The highest BCUT2D eigenvalue weighted by Crippen LogP contribution is 1.88. The van der Waals surface area contributed by atoms with E-state index in [4.69, 9.17) is 0 Å². The molecular formula is C10H16N2O2. The first-order valence-corrected chi connectivity index (χ1v) is 4.11. The lowest BCUT2D eigenvalue weighted by Gasteiger charge is -1.98. The van der Waals surface area contributed by atoms with Gasteiger partial charge in [-0.15, -0.1) is 0 Å². The molecule has 0 radical (unpaired) electrons. The predicted molar refractivity (Wildman–Crippen MR) is 52.0 cm³/mol. The number of carboxylic acid groups (broad SMARTS) is 1. The van der Waals surface area contributed by atoms with E-state index in [1.165, 1.54) is 0 Å². The molecule has 0 unspecified atom stereocenters. The van der Waals surface area contributed by atoms with Crippen molar-refractivity contribution < 1.29 is 14.5 Å². The zero-order valence-electron chi connectivity index (χ0n) is 7.35. The van der Waals surface area contributed by atoms with Gasteiger partial charge in [-0.3, -0.25) is 0 Å². The van der Waals surface area contributed by atoms with Crippen LogP contribution in [0.2, 0.25) is 0 Å². The van der Waals surface area contributed by atoms with E-state index in [1.54, 1.807) is 10.8 Å². The number of aromatic nitrogens is 2. The molecule has 1 heterocycles. The summed E-state index contributed by atoms with van der Waals surface area (Å²) in [7, 11) is 0. The summed E-state index contributed by atoms with van der Waals surface area (Å²) in [5, 5.41) is 10.1. The van der Waals surface area contributed by atoms with Crippen molar-refractivity contribution in [2.45, 2.75) is 26.8 Å². The van der Waals surface area contributed by atoms with Crippen LogP contribution in [-0.4, -0.2) is 10.5 Å². The molecule has 0 N–H and O–H groups in total. The molecule has 0 saturated carbocycles. The van der Waals surface area contributed by atoms with Crippen LogP contribution in [0.3, 0.4) is 0 Å². The van der Waals surface area contributed by atoms with Crippen molar-refractivity contribution >= 4 is 12.2 Å². The maximum atomic E-state index is 10.1. The number of aryl methyl sites for hydroxylation is 1. The van der Waals surface area contributed by atoms with Crippen molar-refractivity contribution in [3.05, 3.63) is 25.3 Å². The Labute approximate surface area is 84.1 Å². The molecule has 4 heteroatoms. The molecule has 0 fully saturated rings. The first-order chi connectivity index (χ1) is 6.22. The van der Waals surface area contributed by atoms with Crippen molar-refractivity contribution in [3.63, 3.8) is 0 Å². The summed E-state index contributed by atoms with van der Waals surface area (Å²) < 4.78 is 3.71. The first kappa shape index (κ1) is 12.4. The van der Waals surface area contributed by atoms with Gasteiger partial charge in [0.1, 0.15) is 12.4 Å². The molecule has 0 aliphatic heterocycles. The smallest absolute Gasteiger partial charge is 0.248 e. The highest BCUT2D eigenvalue weighted by molar-refractivity contribution is 5.63. The van der Waals surface area contributed by atoms with Gasteiger partial charge >= 0.3 is 0 Å². The Morgan fingerprint density at radius 3 is 2.86 bits per heavy atom. The van der Waals surface area contributed by atoms with Crippen molar-refractivity contribution in [2.75, 3.05) is 0 Å². The Bertz CT molecular complexity index is 305. The Morgan fingerprint density at radius 1 is 1.64 bits per heavy atom. The normalized spacial score (nSPS) is 9.14. The Morgan fingerprint density at radius 2 is 2.36 bits per heavy atom. The summed E-state index contributed by atoms with van der Waals surface area (Å²) in [5.74, 6) is -0.997. The second kappa shape index (κ2) is 5.96. The molecule has 1 aromatic heterocycles. The van der Waals surface area contributed by atoms with Gasteiger partial charge < -0.3 is 9.90 Å². The molecule has 0 amide bonds. The lowest BCUT2D eigenvalue weighted by Crippen LogP contribution is -2.32. The van der Waals surface area contributed by atoms with Crippen LogP contribution in [0.1, 0.15) is 20.3 Å². The van der Waals surface area contributed by atoms with Gasteiger partial charge in [0.2, 0.25) is 6.33 Å². The fourth-order valence-corrected chi connectivity index (χ4v) is 1.06. The van der Waals surface area contributed by atoms with E-state index in [0.717, 1.165) is 0 Å². The van der Waals surface area contributed by atoms with Crippen molar-refractivity contribution in [2.24, 2.45) is 0 Å². The van der Waals surface area contributed by atoms with Gasteiger partial charge in [-0.05, 0) is 12.8 Å². The van der Waals surface area contributed by atoms with Gasteiger partial charge in [-0.25, -0.2) is 9.13 Å². The van der Waals surface area contributed by atoms with Crippen molar-refractivity contribution in [1.29, 1.82) is 0 Å². The van der Waals surface area contributed by atoms with Crippen LogP contribution < -0.4 is 9.67 Å². The highest BCUT2D eigenvalue weighted by Gasteiger charge is 1.99. The third-order valence-electron chi connectivity index (χ3n) is 1.72. The molecular weight excluding hydrogens is 180 g/mol. The van der Waals surface area contributed by atoms with Crippen molar-refractivity contribution in [3.8, 4) is 0 Å². The third-order valence-corrected chi connectivity index (χ3v) is 1.72. The van der Waals surface area contributed by atoms with Gasteiger partial charge in [0.25, 0.3) is 0 Å². The molecule has 0 aliphatic rings. The number of hydrogen-bond acceptors (Lipinski definition) is 2. The van der Waals surface area contributed by atoms with Crippen LogP contribution in [0.4, 0.5) is 0 Å². The maximum absolute atomic E-state index is 10.1. The van der Waals surface area contributed by atoms with Crippen LogP contribution >= 0.6 is 0 Å². The Kier molecular flexibility index (Phi) is 5.29. The fraction of sp³-hybridized carbons (Fsp3) is 0.400. The molecule has 78 valence electrons. The Hall–Kier alpha value is -1.58. The highest BCUT2D eigenvalue weighted by atomic mass is 16.4. The molecule has 0 saturated heterocycles. The van der Waals surface area contributed by atoms with E-state index in [2.05, 4.69) is 6.58 Å². The minimum Gasteiger partial charge on any atom is -0.550 e. The van der Waals surface area contributed by atoms with Crippen LogP contribution in [-0.2, 0) is 11.3 Å². The Balaban J connectivity index is 0.00000169. The zero-order valence-corrected chi connectivity index (χ0v) is 7.35. The van der Waals surface area contributed by atoms with Gasteiger partial charge in [0, 0.05) is 5.97 Å². The number of imidazole rings is 1. The first-order valence-electron chi connectivity index (χ1n) is 4.11. The number of carbonyl (C=O) groups excluding carboxylic acids is 1. The van der Waals surface area contributed by atoms with Gasteiger partial charge in [-0.2, -0.15) is 0 Å². The van der Waals surface area contributed by atoms with Crippen LogP contribution in [0.5, 0.6) is 0 Å². The minimum atomic E-state index is -0.997. The van der Waals surface area contributed by atoms with E-state index in [0.29, 0.717) is 13.0 Å². The third kappa shape index (κ3) is 3.89. The largest absolute Gasteiger partial charge is 0.550 e. The SMILES string of the molecule is C.C=Cn1cc[n+](CCCC(=O)[O-])c1. The number of carboxylic acids is 1. The number of hydrogen-bond donors (Lipinski definition) is 0. The molecule has 1 aromatic rings. The summed E-state index contributed by atoms with van der Waals surface area (Å²) >= 11 is 0. The summed E-state index contributed by atoms with van der Waals surface area (Å²) in [6.07, 6.45) is 7.95. The molecule has 1 rings (SSSR count). The fourth-order valence-electron chi connectivity index (χ4n) is 1.06. The molecule has 0 bridgehead atoms. The van der Waals surface area contributed by atoms with Gasteiger partial charge in [0.05, 0.1) is 12.7 Å². The monoisotopic (exact) mass is 196 g/mol. The minimum absolute atomic E-state index is 0. The molecule has 14 heavy (non-hydrogen) atoms. The second-order valence-corrected chi connectivity index (χ2v) is 2.76. The van der Waals surface area contributed by atoms with Gasteiger partial charge in [-0.1, -0.05) is 14.0 Å². The standard InChI is InChI=1S/C9H12N2O2.CH4/c1-2-10-6-7-11(8-10)5-3-4-9(12)13;/h2,6-8H,1,3-5H2;1H4. The quantitative estimate of drug-likeness (QED) is 0.624. The second-order valence-electron chi connectivity index (χ2n) is 2.76. The van der Waals surface area contributed by atoms with E-state index < -0.39 is 5.97 Å². The average Bonchev–Trinajstić information content (AvgIpc) is 2.52. The van der Waals surface area contributed by atoms with E-state index in [9.17, 15) is 9.90 Å². The van der Waals surface area contributed by atoms with Gasteiger partial charge in [0.15, 0.2) is 0 Å². The lowest BCUT2D eigenvalue weighted by molar-refractivity contribution is -0.696. The van der Waals surface area contributed by atoms with Crippen LogP contribution in [0.15, 0.2) is 25.3 Å². The van der Waals surface area contributed by atoms with E-state index in [1.807, 2.05) is 23.3 Å². The number of nitrogens with zero attached hydrogens (tertiary/aromatic N) is 2. The lowest BCUT2D eigenvalue weighted by atomic mass is 10.3. The molecule has 4 nitrogen and oxygen atoms in total. The van der Waals surface area contributed by atoms with Crippen molar-refractivity contribution in [1.82, 2.24) is 4.57 Å². The molecule has 0 aliphatic carbocycles. The van der Waals surface area contributed by atoms with E-state index >= 15 is 0 Å². The molecule has 0 spiro atoms. The summed E-state index contributed by atoms with van der Waals surface area (Å²) in [5.41, 5.74) is 0. The molecule has 0 atom stereocenters. The average molecular weight is 196 g/mol. The predicted octanol–water partition coefficient (Wildman–Crippen LogP) is 0.0423. The topological polar surface area (TPSA) is 48.9 Å². The molecule has 0 aromatic carbocycles.